The van der Waals surface area contributed by atoms with Crippen LogP contribution >= 0.6 is 0 Å². The van der Waals surface area contributed by atoms with Crippen molar-refractivity contribution < 1.29 is 19.1 Å². The van der Waals surface area contributed by atoms with Crippen LogP contribution in [0.5, 0.6) is 0 Å². The van der Waals surface area contributed by atoms with Gasteiger partial charge >= 0.3 is 5.97 Å². The van der Waals surface area contributed by atoms with Crippen LogP contribution in [0.4, 0.5) is 4.39 Å². The fourth-order valence-electron chi connectivity index (χ4n) is 2.17. The normalized spacial score (nSPS) is 19.7. The SMILES string of the molecule is CC1=C(C(=O)O)[C@H](c2ccc(F)cc2)CC(=O)N1. The lowest BCUT2D eigenvalue weighted by molar-refractivity contribution is -0.133. The van der Waals surface area contributed by atoms with E-state index in [1.54, 1.807) is 6.92 Å². The predicted octanol–water partition coefficient (Wildman–Crippen LogP) is 1.79. The van der Waals surface area contributed by atoms with Crippen LogP contribution in [0, 0.1) is 5.82 Å². The summed E-state index contributed by atoms with van der Waals surface area (Å²) in [7, 11) is 0. The molecule has 1 aromatic rings. The molecule has 0 saturated carbocycles. The van der Waals surface area contributed by atoms with E-state index in [9.17, 15) is 19.1 Å². The topological polar surface area (TPSA) is 66.4 Å². The van der Waals surface area contributed by atoms with Crippen LogP contribution in [0.2, 0.25) is 0 Å². The lowest BCUT2D eigenvalue weighted by atomic mass is 9.84. The number of hydrogen-bond donors (Lipinski definition) is 2. The molecule has 18 heavy (non-hydrogen) atoms. The first-order valence-corrected chi connectivity index (χ1v) is 5.48. The maximum absolute atomic E-state index is 12.9. The van der Waals surface area contributed by atoms with Gasteiger partial charge in [0.15, 0.2) is 0 Å². The van der Waals surface area contributed by atoms with E-state index in [0.717, 1.165) is 0 Å². The van der Waals surface area contributed by atoms with E-state index in [4.69, 9.17) is 0 Å². The number of benzene rings is 1. The van der Waals surface area contributed by atoms with E-state index < -0.39 is 17.7 Å². The molecule has 0 unspecified atom stereocenters. The molecule has 4 nitrogen and oxygen atoms in total. The number of rotatable bonds is 2. The van der Waals surface area contributed by atoms with E-state index in [1.165, 1.54) is 24.3 Å². The van der Waals surface area contributed by atoms with Gasteiger partial charge in [0.25, 0.3) is 0 Å². The maximum Gasteiger partial charge on any atom is 0.333 e. The van der Waals surface area contributed by atoms with Crippen molar-refractivity contribution in [3.63, 3.8) is 0 Å². The second-order valence-corrected chi connectivity index (χ2v) is 4.20. The number of amides is 1. The van der Waals surface area contributed by atoms with Gasteiger partial charge in [-0.2, -0.15) is 0 Å². The van der Waals surface area contributed by atoms with E-state index >= 15 is 0 Å². The lowest BCUT2D eigenvalue weighted by Crippen LogP contribution is -2.33. The third-order valence-corrected chi connectivity index (χ3v) is 2.97. The molecular weight excluding hydrogens is 237 g/mol. The third kappa shape index (κ3) is 2.25. The zero-order chi connectivity index (χ0) is 13.3. The number of carbonyl (C=O) groups is 2. The Labute approximate surface area is 103 Å². The molecule has 94 valence electrons. The molecule has 5 heteroatoms. The van der Waals surface area contributed by atoms with Crippen molar-refractivity contribution in [2.24, 2.45) is 0 Å². The quantitative estimate of drug-likeness (QED) is 0.839. The second-order valence-electron chi connectivity index (χ2n) is 4.20. The Bertz CT molecular complexity index is 534. The van der Waals surface area contributed by atoms with Crippen LogP contribution in [-0.4, -0.2) is 17.0 Å². The minimum Gasteiger partial charge on any atom is -0.478 e. The number of aliphatic carboxylic acids is 1. The predicted molar refractivity (Wildman–Crippen MR) is 62.2 cm³/mol. The van der Waals surface area contributed by atoms with Gasteiger partial charge in [-0.15, -0.1) is 0 Å². The molecular formula is C13H12FNO3. The average molecular weight is 249 g/mol. The molecule has 0 spiro atoms. The van der Waals surface area contributed by atoms with Gasteiger partial charge in [-0.3, -0.25) is 4.79 Å². The summed E-state index contributed by atoms with van der Waals surface area (Å²) in [6, 6.07) is 5.54. The Morgan fingerprint density at radius 1 is 1.39 bits per heavy atom. The molecule has 1 aliphatic heterocycles. The fraction of sp³-hybridized carbons (Fsp3) is 0.231. The molecule has 1 aliphatic rings. The molecule has 0 aromatic heterocycles. The van der Waals surface area contributed by atoms with E-state index in [-0.39, 0.29) is 17.9 Å². The van der Waals surface area contributed by atoms with Crippen LogP contribution in [0.25, 0.3) is 0 Å². The van der Waals surface area contributed by atoms with Crippen molar-refractivity contribution in [3.8, 4) is 0 Å². The Balaban J connectivity index is 2.46. The van der Waals surface area contributed by atoms with Gasteiger partial charge in [-0.25, -0.2) is 9.18 Å². The molecule has 0 fully saturated rings. The van der Waals surface area contributed by atoms with Crippen molar-refractivity contribution in [2.75, 3.05) is 0 Å². The first-order chi connectivity index (χ1) is 8.49. The minimum atomic E-state index is -1.07. The van der Waals surface area contributed by atoms with Crippen molar-refractivity contribution >= 4 is 11.9 Å². The molecule has 0 saturated heterocycles. The highest BCUT2D eigenvalue weighted by atomic mass is 19.1. The van der Waals surface area contributed by atoms with Crippen LogP contribution in [0.3, 0.4) is 0 Å². The van der Waals surface area contributed by atoms with E-state index in [0.29, 0.717) is 11.3 Å². The standard InChI is InChI=1S/C13H12FNO3/c1-7-12(13(17)18)10(6-11(16)15-7)8-2-4-9(14)5-3-8/h2-5,10H,6H2,1H3,(H,15,16)(H,17,18)/t10-/m0/s1. The molecule has 1 amide bonds. The van der Waals surface area contributed by atoms with Crippen LogP contribution in [-0.2, 0) is 9.59 Å². The monoisotopic (exact) mass is 249 g/mol. The minimum absolute atomic E-state index is 0.0601. The highest BCUT2D eigenvalue weighted by molar-refractivity contribution is 5.94. The van der Waals surface area contributed by atoms with Gasteiger partial charge in [-0.1, -0.05) is 12.1 Å². The van der Waals surface area contributed by atoms with Gasteiger partial charge in [-0.05, 0) is 24.6 Å². The van der Waals surface area contributed by atoms with E-state index in [1.807, 2.05) is 0 Å². The Morgan fingerprint density at radius 3 is 2.56 bits per heavy atom. The summed E-state index contributed by atoms with van der Waals surface area (Å²) in [6.45, 7) is 1.55. The third-order valence-electron chi connectivity index (χ3n) is 2.97. The largest absolute Gasteiger partial charge is 0.478 e. The zero-order valence-corrected chi connectivity index (χ0v) is 9.74. The average Bonchev–Trinajstić information content (AvgIpc) is 2.28. The highest BCUT2D eigenvalue weighted by Crippen LogP contribution is 2.32. The summed E-state index contributed by atoms with van der Waals surface area (Å²) >= 11 is 0. The number of allylic oxidation sites excluding steroid dienone is 1. The van der Waals surface area contributed by atoms with Crippen LogP contribution < -0.4 is 5.32 Å². The zero-order valence-electron chi connectivity index (χ0n) is 9.74. The summed E-state index contributed by atoms with van der Waals surface area (Å²) in [5.41, 5.74) is 1.12. The molecule has 0 aliphatic carbocycles. The summed E-state index contributed by atoms with van der Waals surface area (Å²) in [5, 5.41) is 11.7. The van der Waals surface area contributed by atoms with E-state index in [2.05, 4.69) is 5.32 Å². The maximum atomic E-state index is 12.9. The van der Waals surface area contributed by atoms with Crippen LogP contribution in [0.1, 0.15) is 24.8 Å². The first kappa shape index (κ1) is 12.3. The molecule has 0 radical (unpaired) electrons. The van der Waals surface area contributed by atoms with Gasteiger partial charge in [0.05, 0.1) is 5.57 Å². The number of halogens is 1. The summed E-state index contributed by atoms with van der Waals surface area (Å²) in [5.74, 6) is -2.22. The Hall–Kier alpha value is -2.17. The molecule has 1 aromatic carbocycles. The summed E-state index contributed by atoms with van der Waals surface area (Å²) in [6.07, 6.45) is 0.0601. The summed E-state index contributed by atoms with van der Waals surface area (Å²) in [4.78, 5) is 22.7. The molecule has 0 bridgehead atoms. The number of hydrogen-bond acceptors (Lipinski definition) is 2. The van der Waals surface area contributed by atoms with Crippen molar-refractivity contribution in [2.45, 2.75) is 19.3 Å². The van der Waals surface area contributed by atoms with Crippen molar-refractivity contribution in [3.05, 3.63) is 46.9 Å². The van der Waals surface area contributed by atoms with Gasteiger partial charge in [0.1, 0.15) is 5.82 Å². The smallest absolute Gasteiger partial charge is 0.333 e. The summed E-state index contributed by atoms with van der Waals surface area (Å²) < 4.78 is 12.9. The molecule has 2 N–H and O–H groups in total. The van der Waals surface area contributed by atoms with Crippen molar-refractivity contribution in [1.82, 2.24) is 5.32 Å². The van der Waals surface area contributed by atoms with Gasteiger partial charge in [0, 0.05) is 18.0 Å². The number of nitrogens with one attached hydrogen (secondary N) is 1. The van der Waals surface area contributed by atoms with Gasteiger partial charge < -0.3 is 10.4 Å². The Kier molecular flexibility index (Phi) is 3.14. The number of carboxylic acid groups (broad SMARTS) is 1. The highest BCUT2D eigenvalue weighted by Gasteiger charge is 2.31. The first-order valence-electron chi connectivity index (χ1n) is 5.48. The Morgan fingerprint density at radius 2 is 2.00 bits per heavy atom. The van der Waals surface area contributed by atoms with Crippen molar-refractivity contribution in [1.29, 1.82) is 0 Å². The van der Waals surface area contributed by atoms with Crippen LogP contribution in [0.15, 0.2) is 35.5 Å². The molecule has 1 atom stereocenters. The lowest BCUT2D eigenvalue weighted by Gasteiger charge is -2.25. The number of carbonyl (C=O) groups excluding carboxylic acids is 1. The fourth-order valence-corrected chi connectivity index (χ4v) is 2.17. The number of carboxylic acids is 1. The molecule has 1 heterocycles. The second kappa shape index (κ2) is 4.60. The van der Waals surface area contributed by atoms with Gasteiger partial charge in [0.2, 0.25) is 5.91 Å². The molecule has 2 rings (SSSR count).